The van der Waals surface area contributed by atoms with Crippen molar-refractivity contribution < 1.29 is 9.59 Å². The number of nitrogens with one attached hydrogen (secondary N) is 1. The van der Waals surface area contributed by atoms with Gasteiger partial charge in [-0.2, -0.15) is 5.26 Å². The van der Waals surface area contributed by atoms with Crippen LogP contribution >= 0.6 is 11.8 Å². The minimum atomic E-state index is -0.462. The van der Waals surface area contributed by atoms with Crippen LogP contribution in [-0.4, -0.2) is 40.9 Å². The molecule has 0 bridgehead atoms. The van der Waals surface area contributed by atoms with Gasteiger partial charge in [-0.05, 0) is 13.3 Å². The number of carbonyl (C=O) groups excluding carboxylic acids is 2. The minimum Gasteiger partial charge on any atom is -0.341 e. The molecule has 0 aromatic carbocycles. The highest BCUT2D eigenvalue weighted by Crippen LogP contribution is 2.23. The van der Waals surface area contributed by atoms with E-state index in [1.807, 2.05) is 19.1 Å². The summed E-state index contributed by atoms with van der Waals surface area (Å²) >= 11 is 1.55. The predicted octanol–water partition coefficient (Wildman–Crippen LogP) is 0.884. The molecule has 0 radical (unpaired) electrons. The molecule has 5 nitrogen and oxygen atoms in total. The number of nitriles is 1. The highest BCUT2D eigenvalue weighted by atomic mass is 32.2. The maximum atomic E-state index is 12.1. The Balaban J connectivity index is 2.70. The molecule has 18 heavy (non-hydrogen) atoms. The zero-order valence-corrected chi connectivity index (χ0v) is 11.4. The van der Waals surface area contributed by atoms with Crippen LogP contribution in [0.5, 0.6) is 0 Å². The Kier molecular flexibility index (Phi) is 5.72. The summed E-state index contributed by atoms with van der Waals surface area (Å²) in [5, 5.41) is 10.9. The van der Waals surface area contributed by atoms with Crippen molar-refractivity contribution in [1.82, 2.24) is 10.2 Å². The lowest BCUT2D eigenvalue weighted by atomic mass is 10.2. The summed E-state index contributed by atoms with van der Waals surface area (Å²) in [7, 11) is 0. The van der Waals surface area contributed by atoms with E-state index in [9.17, 15) is 9.59 Å². The van der Waals surface area contributed by atoms with Crippen molar-refractivity contribution >= 4 is 23.6 Å². The average Bonchev–Trinajstić information content (AvgIpc) is 2.84. The van der Waals surface area contributed by atoms with E-state index in [-0.39, 0.29) is 18.4 Å². The van der Waals surface area contributed by atoms with Gasteiger partial charge in [0, 0.05) is 11.3 Å². The third kappa shape index (κ3) is 3.50. The molecule has 1 aliphatic heterocycles. The first kappa shape index (κ1) is 14.6. The molecule has 1 heterocycles. The molecule has 2 amide bonds. The van der Waals surface area contributed by atoms with Crippen molar-refractivity contribution in [2.45, 2.75) is 26.3 Å². The van der Waals surface area contributed by atoms with Crippen molar-refractivity contribution in [2.24, 2.45) is 0 Å². The molecule has 0 aromatic rings. The topological polar surface area (TPSA) is 73.2 Å². The molecule has 0 saturated carbocycles. The first-order valence-corrected chi connectivity index (χ1v) is 6.97. The lowest BCUT2D eigenvalue weighted by Crippen LogP contribution is -2.47. The second kappa shape index (κ2) is 7.07. The molecule has 1 atom stereocenters. The summed E-state index contributed by atoms with van der Waals surface area (Å²) in [5.41, 5.74) is 0.665. The van der Waals surface area contributed by atoms with Crippen LogP contribution in [0.25, 0.3) is 0 Å². The van der Waals surface area contributed by atoms with Gasteiger partial charge in [0.1, 0.15) is 12.6 Å². The SMILES string of the molecule is CC/C=C(\C)C(=O)N1CSC[C@@H]1C(=O)NCC#N. The molecule has 1 saturated heterocycles. The third-order valence-electron chi connectivity index (χ3n) is 2.64. The zero-order valence-electron chi connectivity index (χ0n) is 10.6. The number of amides is 2. The largest absolute Gasteiger partial charge is 0.341 e. The molecule has 6 heteroatoms. The van der Waals surface area contributed by atoms with Gasteiger partial charge in [0.05, 0.1) is 11.9 Å². The summed E-state index contributed by atoms with van der Waals surface area (Å²) in [6.07, 6.45) is 2.65. The lowest BCUT2D eigenvalue weighted by molar-refractivity contribution is -0.135. The van der Waals surface area contributed by atoms with Crippen LogP contribution < -0.4 is 5.32 Å². The van der Waals surface area contributed by atoms with Crippen LogP contribution in [-0.2, 0) is 9.59 Å². The van der Waals surface area contributed by atoms with Crippen LogP contribution in [0.15, 0.2) is 11.6 Å². The first-order chi connectivity index (χ1) is 8.61. The van der Waals surface area contributed by atoms with Crippen LogP contribution in [0, 0.1) is 11.3 Å². The van der Waals surface area contributed by atoms with E-state index in [0.717, 1.165) is 6.42 Å². The van der Waals surface area contributed by atoms with Crippen LogP contribution in [0.4, 0.5) is 0 Å². The average molecular weight is 267 g/mol. The maximum absolute atomic E-state index is 12.1. The molecule has 0 unspecified atom stereocenters. The van der Waals surface area contributed by atoms with Gasteiger partial charge in [0.25, 0.3) is 5.91 Å². The van der Waals surface area contributed by atoms with Gasteiger partial charge in [-0.3, -0.25) is 9.59 Å². The van der Waals surface area contributed by atoms with Crippen molar-refractivity contribution in [2.75, 3.05) is 18.2 Å². The first-order valence-electron chi connectivity index (χ1n) is 5.82. The smallest absolute Gasteiger partial charge is 0.250 e. The molecule has 98 valence electrons. The summed E-state index contributed by atoms with van der Waals surface area (Å²) in [4.78, 5) is 25.5. The highest BCUT2D eigenvalue weighted by Gasteiger charge is 2.34. The van der Waals surface area contributed by atoms with E-state index in [2.05, 4.69) is 5.32 Å². The lowest BCUT2D eigenvalue weighted by Gasteiger charge is -2.22. The molecule has 1 fully saturated rings. The number of nitrogens with zero attached hydrogens (tertiary/aromatic N) is 2. The Morgan fingerprint density at radius 1 is 1.61 bits per heavy atom. The van der Waals surface area contributed by atoms with Gasteiger partial charge >= 0.3 is 0 Å². The van der Waals surface area contributed by atoms with E-state index in [1.54, 1.807) is 23.6 Å². The Morgan fingerprint density at radius 2 is 2.33 bits per heavy atom. The van der Waals surface area contributed by atoms with Crippen molar-refractivity contribution in [3.8, 4) is 6.07 Å². The fourth-order valence-corrected chi connectivity index (χ4v) is 2.88. The molecule has 1 aliphatic rings. The molecular weight excluding hydrogens is 250 g/mol. The fourth-order valence-electron chi connectivity index (χ4n) is 1.72. The molecule has 1 rings (SSSR count). The normalized spacial score (nSPS) is 19.5. The van der Waals surface area contributed by atoms with Crippen molar-refractivity contribution in [1.29, 1.82) is 5.26 Å². The minimum absolute atomic E-state index is 0.0220. The van der Waals surface area contributed by atoms with Crippen molar-refractivity contribution in [3.05, 3.63) is 11.6 Å². The molecule has 0 aromatic heterocycles. The second-order valence-electron chi connectivity index (χ2n) is 3.96. The monoisotopic (exact) mass is 267 g/mol. The van der Waals surface area contributed by atoms with Gasteiger partial charge in [-0.1, -0.05) is 13.0 Å². The molecule has 0 spiro atoms. The summed E-state index contributed by atoms with van der Waals surface area (Å²) in [5.74, 6) is 0.763. The van der Waals surface area contributed by atoms with Gasteiger partial charge < -0.3 is 10.2 Å². The summed E-state index contributed by atoms with van der Waals surface area (Å²) in [6.45, 7) is 3.71. The molecular formula is C12H17N3O2S. The maximum Gasteiger partial charge on any atom is 0.250 e. The number of hydrogen-bond donors (Lipinski definition) is 1. The van der Waals surface area contributed by atoms with Crippen LogP contribution in [0.3, 0.4) is 0 Å². The molecule has 1 N–H and O–H groups in total. The Hall–Kier alpha value is -1.48. The standard InChI is InChI=1S/C12H17N3O2S/c1-3-4-9(2)12(17)15-8-18-7-10(15)11(16)14-6-5-13/h4,10H,3,6-8H2,1-2H3,(H,14,16)/b9-4+/t10-/m1/s1. The van der Waals surface area contributed by atoms with E-state index < -0.39 is 6.04 Å². The fraction of sp³-hybridized carbons (Fsp3) is 0.583. The second-order valence-corrected chi connectivity index (χ2v) is 4.96. The third-order valence-corrected chi connectivity index (χ3v) is 3.65. The predicted molar refractivity (Wildman–Crippen MR) is 70.6 cm³/mol. The van der Waals surface area contributed by atoms with Gasteiger partial charge in [-0.15, -0.1) is 11.8 Å². The van der Waals surface area contributed by atoms with Gasteiger partial charge in [0.2, 0.25) is 5.91 Å². The number of allylic oxidation sites excluding steroid dienone is 1. The summed E-state index contributed by atoms with van der Waals surface area (Å²) < 4.78 is 0. The van der Waals surface area contributed by atoms with E-state index in [4.69, 9.17) is 5.26 Å². The van der Waals surface area contributed by atoms with Gasteiger partial charge in [0.15, 0.2) is 0 Å². The molecule has 0 aliphatic carbocycles. The number of hydrogen-bond acceptors (Lipinski definition) is 4. The Labute approximate surface area is 111 Å². The van der Waals surface area contributed by atoms with E-state index >= 15 is 0 Å². The number of thioether (sulfide) groups is 1. The number of rotatable bonds is 4. The van der Waals surface area contributed by atoms with Gasteiger partial charge in [-0.25, -0.2) is 0 Å². The van der Waals surface area contributed by atoms with Crippen molar-refractivity contribution in [3.63, 3.8) is 0 Å². The Morgan fingerprint density at radius 3 is 2.94 bits per heavy atom. The quantitative estimate of drug-likeness (QED) is 0.606. The highest BCUT2D eigenvalue weighted by molar-refractivity contribution is 7.99. The van der Waals surface area contributed by atoms with Crippen LogP contribution in [0.1, 0.15) is 20.3 Å². The van der Waals surface area contributed by atoms with Crippen LogP contribution in [0.2, 0.25) is 0 Å². The van der Waals surface area contributed by atoms with E-state index in [1.165, 1.54) is 0 Å². The zero-order chi connectivity index (χ0) is 13.5. The summed E-state index contributed by atoms with van der Waals surface area (Å²) in [6, 6.07) is 1.39. The van der Waals surface area contributed by atoms with E-state index in [0.29, 0.717) is 17.2 Å². The number of carbonyl (C=O) groups is 2. The Bertz CT molecular complexity index is 401.